The fraction of sp³-hybridized carbons (Fsp3) is 0.0769. The molecule has 0 amide bonds. The van der Waals surface area contributed by atoms with Crippen LogP contribution < -0.4 is 0 Å². The Labute approximate surface area is 243 Å². The minimum absolute atomic E-state index is 0.0931. The highest BCUT2D eigenvalue weighted by molar-refractivity contribution is 6.19. The van der Waals surface area contributed by atoms with Gasteiger partial charge in [0.2, 0.25) is 0 Å². The summed E-state index contributed by atoms with van der Waals surface area (Å²) in [7, 11) is 0. The number of furan rings is 1. The van der Waals surface area contributed by atoms with Crippen LogP contribution in [-0.4, -0.2) is 9.97 Å². The molecular formula is C39H26N2O. The Morgan fingerprint density at radius 2 is 1.33 bits per heavy atom. The third kappa shape index (κ3) is 3.16. The van der Waals surface area contributed by atoms with Crippen LogP contribution in [0.1, 0.15) is 25.0 Å². The lowest BCUT2D eigenvalue weighted by atomic mass is 9.82. The number of aromatic nitrogens is 2. The molecule has 2 heterocycles. The van der Waals surface area contributed by atoms with Crippen LogP contribution in [0.4, 0.5) is 0 Å². The average molecular weight is 539 g/mol. The van der Waals surface area contributed by atoms with Crippen molar-refractivity contribution in [1.82, 2.24) is 9.97 Å². The first kappa shape index (κ1) is 23.4. The Bertz CT molecular complexity index is 2400. The monoisotopic (exact) mass is 538 g/mol. The minimum atomic E-state index is -0.0931. The van der Waals surface area contributed by atoms with Crippen molar-refractivity contribution in [3.8, 4) is 33.8 Å². The molecule has 0 spiro atoms. The molecule has 3 nitrogen and oxygen atoms in total. The van der Waals surface area contributed by atoms with E-state index in [1.54, 1.807) is 0 Å². The lowest BCUT2D eigenvalue weighted by Gasteiger charge is -2.21. The van der Waals surface area contributed by atoms with Crippen LogP contribution in [0.3, 0.4) is 0 Å². The number of nitrogens with zero attached hydrogens (tertiary/aromatic N) is 2. The van der Waals surface area contributed by atoms with Crippen LogP contribution in [0.15, 0.2) is 126 Å². The summed E-state index contributed by atoms with van der Waals surface area (Å²) in [6.07, 6.45) is 0. The average Bonchev–Trinajstić information content (AvgIpc) is 3.53. The minimum Gasteiger partial charge on any atom is -0.455 e. The van der Waals surface area contributed by atoms with Gasteiger partial charge in [0.25, 0.3) is 0 Å². The summed E-state index contributed by atoms with van der Waals surface area (Å²) in [5.41, 5.74) is 10.9. The fourth-order valence-electron chi connectivity index (χ4n) is 7.00. The van der Waals surface area contributed by atoms with Crippen molar-refractivity contribution in [2.45, 2.75) is 19.3 Å². The molecule has 0 unspecified atom stereocenters. The van der Waals surface area contributed by atoms with E-state index in [0.717, 1.165) is 66.3 Å². The molecule has 0 fully saturated rings. The zero-order valence-corrected chi connectivity index (χ0v) is 23.3. The van der Waals surface area contributed by atoms with Crippen molar-refractivity contribution in [3.63, 3.8) is 0 Å². The van der Waals surface area contributed by atoms with E-state index in [4.69, 9.17) is 14.4 Å². The zero-order valence-electron chi connectivity index (χ0n) is 23.3. The molecule has 3 heteroatoms. The first-order chi connectivity index (χ1) is 20.6. The maximum Gasteiger partial charge on any atom is 0.160 e. The summed E-state index contributed by atoms with van der Waals surface area (Å²) in [4.78, 5) is 10.4. The molecule has 0 aliphatic heterocycles. The van der Waals surface area contributed by atoms with Gasteiger partial charge in [-0.3, -0.25) is 0 Å². The first-order valence-corrected chi connectivity index (χ1v) is 14.4. The standard InChI is InChI=1S/C39H26N2O/c1-39(2)31-15-6-3-11-25(31)26-20-19-24(22-32(26)39)38-40-33-16-7-4-13-29(33)36(41-38)30-14-9-10-23-18-21-28-27-12-5-8-17-34(27)42-37(28)35(23)30/h3-22H,1-2H3. The molecular weight excluding hydrogens is 512 g/mol. The second-order valence-electron chi connectivity index (χ2n) is 11.8. The van der Waals surface area contributed by atoms with E-state index < -0.39 is 0 Å². The fourth-order valence-corrected chi connectivity index (χ4v) is 7.00. The molecule has 0 saturated carbocycles. The van der Waals surface area contributed by atoms with Gasteiger partial charge in [0, 0.05) is 38.1 Å². The number of hydrogen-bond donors (Lipinski definition) is 0. The summed E-state index contributed by atoms with van der Waals surface area (Å²) in [6.45, 7) is 4.62. The predicted molar refractivity (Wildman–Crippen MR) is 173 cm³/mol. The molecule has 6 aromatic carbocycles. The number of hydrogen-bond acceptors (Lipinski definition) is 3. The quantitative estimate of drug-likeness (QED) is 0.220. The molecule has 0 bridgehead atoms. The maximum absolute atomic E-state index is 6.52. The van der Waals surface area contributed by atoms with Gasteiger partial charge in [-0.05, 0) is 51.9 Å². The van der Waals surface area contributed by atoms with Gasteiger partial charge in [0.15, 0.2) is 5.82 Å². The van der Waals surface area contributed by atoms with E-state index >= 15 is 0 Å². The predicted octanol–water partition coefficient (Wildman–Crippen LogP) is 10.3. The number of rotatable bonds is 2. The van der Waals surface area contributed by atoms with Crippen molar-refractivity contribution < 1.29 is 4.42 Å². The number of benzene rings is 6. The van der Waals surface area contributed by atoms with Crippen molar-refractivity contribution in [3.05, 3.63) is 132 Å². The Hall–Kier alpha value is -5.28. The zero-order chi connectivity index (χ0) is 28.0. The Kier molecular flexibility index (Phi) is 4.67. The van der Waals surface area contributed by atoms with Gasteiger partial charge in [-0.25, -0.2) is 9.97 Å². The molecule has 8 aromatic rings. The van der Waals surface area contributed by atoms with E-state index in [2.05, 4.69) is 117 Å². The Morgan fingerprint density at radius 3 is 2.26 bits per heavy atom. The van der Waals surface area contributed by atoms with Crippen molar-refractivity contribution in [2.75, 3.05) is 0 Å². The van der Waals surface area contributed by atoms with E-state index in [0.29, 0.717) is 0 Å². The Morgan fingerprint density at radius 1 is 0.571 bits per heavy atom. The largest absolute Gasteiger partial charge is 0.455 e. The lowest BCUT2D eigenvalue weighted by molar-refractivity contribution is 0.660. The lowest BCUT2D eigenvalue weighted by Crippen LogP contribution is -2.15. The maximum atomic E-state index is 6.52. The third-order valence-electron chi connectivity index (χ3n) is 9.09. The molecule has 2 aromatic heterocycles. The van der Waals surface area contributed by atoms with Gasteiger partial charge >= 0.3 is 0 Å². The van der Waals surface area contributed by atoms with Gasteiger partial charge in [-0.2, -0.15) is 0 Å². The molecule has 42 heavy (non-hydrogen) atoms. The normalized spacial score (nSPS) is 13.7. The first-order valence-electron chi connectivity index (χ1n) is 14.4. The van der Waals surface area contributed by atoms with Crippen molar-refractivity contribution in [1.29, 1.82) is 0 Å². The smallest absolute Gasteiger partial charge is 0.160 e. The highest BCUT2D eigenvalue weighted by Gasteiger charge is 2.35. The van der Waals surface area contributed by atoms with Crippen LogP contribution in [0.5, 0.6) is 0 Å². The second kappa shape index (κ2) is 8.37. The van der Waals surface area contributed by atoms with Crippen LogP contribution in [-0.2, 0) is 5.41 Å². The highest BCUT2D eigenvalue weighted by Crippen LogP contribution is 2.49. The van der Waals surface area contributed by atoms with E-state index in [9.17, 15) is 0 Å². The van der Waals surface area contributed by atoms with Gasteiger partial charge in [0.1, 0.15) is 11.2 Å². The third-order valence-corrected chi connectivity index (χ3v) is 9.09. The summed E-state index contributed by atoms with van der Waals surface area (Å²) in [5, 5.41) is 5.46. The molecule has 0 saturated heterocycles. The van der Waals surface area contributed by atoms with E-state index in [1.165, 1.54) is 22.3 Å². The van der Waals surface area contributed by atoms with Crippen LogP contribution >= 0.6 is 0 Å². The van der Waals surface area contributed by atoms with Crippen molar-refractivity contribution in [2.24, 2.45) is 0 Å². The molecule has 1 aliphatic rings. The van der Waals surface area contributed by atoms with Crippen LogP contribution in [0.2, 0.25) is 0 Å². The van der Waals surface area contributed by atoms with Gasteiger partial charge in [0.05, 0.1) is 11.2 Å². The van der Waals surface area contributed by atoms with Gasteiger partial charge in [-0.1, -0.05) is 111 Å². The summed E-state index contributed by atoms with van der Waals surface area (Å²) in [6, 6.07) is 42.8. The van der Waals surface area contributed by atoms with Gasteiger partial charge < -0.3 is 4.42 Å². The molecule has 0 N–H and O–H groups in total. The highest BCUT2D eigenvalue weighted by atomic mass is 16.3. The molecule has 198 valence electrons. The summed E-state index contributed by atoms with van der Waals surface area (Å²) in [5.74, 6) is 0.729. The van der Waals surface area contributed by atoms with E-state index in [-0.39, 0.29) is 5.41 Å². The molecule has 9 rings (SSSR count). The summed E-state index contributed by atoms with van der Waals surface area (Å²) < 4.78 is 6.52. The molecule has 0 atom stereocenters. The second-order valence-corrected chi connectivity index (χ2v) is 11.8. The van der Waals surface area contributed by atoms with Crippen LogP contribution in [0, 0.1) is 0 Å². The number of para-hydroxylation sites is 2. The van der Waals surface area contributed by atoms with Crippen LogP contribution in [0.25, 0.3) is 77.4 Å². The number of fused-ring (bicyclic) bond motifs is 9. The topological polar surface area (TPSA) is 38.9 Å². The summed E-state index contributed by atoms with van der Waals surface area (Å²) >= 11 is 0. The molecule has 0 radical (unpaired) electrons. The van der Waals surface area contributed by atoms with Crippen molar-refractivity contribution >= 4 is 43.6 Å². The SMILES string of the molecule is CC1(C)c2ccccc2-c2ccc(-c3nc(-c4cccc5ccc6c7ccccc7oc6c45)c4ccccc4n3)cc21. The molecule has 1 aliphatic carbocycles. The Balaban J connectivity index is 1.32. The van der Waals surface area contributed by atoms with Gasteiger partial charge in [-0.15, -0.1) is 0 Å². The van der Waals surface area contributed by atoms with E-state index in [1.807, 2.05) is 18.2 Å².